The molecule has 2 aromatic rings. The fourth-order valence-electron chi connectivity index (χ4n) is 1.68. The van der Waals surface area contributed by atoms with Crippen molar-refractivity contribution in [3.05, 3.63) is 45.1 Å². The van der Waals surface area contributed by atoms with Crippen LogP contribution in [0.15, 0.2) is 39.5 Å². The van der Waals surface area contributed by atoms with Gasteiger partial charge in [0.15, 0.2) is 0 Å². The van der Waals surface area contributed by atoms with Gasteiger partial charge in [0.1, 0.15) is 22.4 Å². The van der Waals surface area contributed by atoms with Gasteiger partial charge < -0.3 is 10.6 Å². The summed E-state index contributed by atoms with van der Waals surface area (Å²) in [7, 11) is 0. The van der Waals surface area contributed by atoms with Crippen LogP contribution in [0.5, 0.6) is 0 Å². The molecule has 20 heavy (non-hydrogen) atoms. The highest BCUT2D eigenvalue weighted by molar-refractivity contribution is 9.11. The van der Waals surface area contributed by atoms with E-state index < -0.39 is 0 Å². The van der Waals surface area contributed by atoms with E-state index in [9.17, 15) is 0 Å². The quantitative estimate of drug-likeness (QED) is 0.753. The first-order chi connectivity index (χ1) is 9.72. The summed E-state index contributed by atoms with van der Waals surface area (Å²) in [6.45, 7) is 3.71. The Labute approximate surface area is 135 Å². The molecule has 0 aliphatic rings. The van der Waals surface area contributed by atoms with E-state index in [0.29, 0.717) is 6.54 Å². The Bertz CT molecular complexity index is 575. The summed E-state index contributed by atoms with van der Waals surface area (Å²) in [5, 5.41) is 6.58. The predicted octanol–water partition coefficient (Wildman–Crippen LogP) is 4.44. The number of halogens is 2. The molecule has 0 unspecified atom stereocenters. The second-order valence-electron chi connectivity index (χ2n) is 4.26. The van der Waals surface area contributed by atoms with Crippen LogP contribution in [0.2, 0.25) is 0 Å². The van der Waals surface area contributed by atoms with Gasteiger partial charge in [-0.3, -0.25) is 0 Å². The van der Waals surface area contributed by atoms with Gasteiger partial charge in [-0.1, -0.05) is 41.1 Å². The molecule has 0 fully saturated rings. The highest BCUT2D eigenvalue weighted by atomic mass is 79.9. The van der Waals surface area contributed by atoms with E-state index in [1.807, 2.05) is 18.2 Å². The smallest absolute Gasteiger partial charge is 0.146 e. The minimum absolute atomic E-state index is 0.699. The largest absolute Gasteiger partial charge is 0.369 e. The highest BCUT2D eigenvalue weighted by Crippen LogP contribution is 2.27. The third-order valence-electron chi connectivity index (χ3n) is 2.74. The third kappa shape index (κ3) is 3.93. The number of nitrogens with one attached hydrogen (secondary N) is 2. The van der Waals surface area contributed by atoms with Gasteiger partial charge in [0.25, 0.3) is 0 Å². The molecule has 0 bridgehead atoms. The SMILES string of the molecule is CCCNc1ncnc(NCc2ccccc2Br)c1Br. The Morgan fingerprint density at radius 1 is 1.05 bits per heavy atom. The molecule has 106 valence electrons. The third-order valence-corrected chi connectivity index (χ3v) is 4.26. The summed E-state index contributed by atoms with van der Waals surface area (Å²) in [5.41, 5.74) is 1.18. The van der Waals surface area contributed by atoms with E-state index in [1.54, 1.807) is 6.33 Å². The van der Waals surface area contributed by atoms with Gasteiger partial charge in [0.05, 0.1) is 0 Å². The van der Waals surface area contributed by atoms with Crippen molar-refractivity contribution in [2.24, 2.45) is 0 Å². The molecule has 4 nitrogen and oxygen atoms in total. The summed E-state index contributed by atoms with van der Waals surface area (Å²) >= 11 is 7.08. The van der Waals surface area contributed by atoms with Crippen LogP contribution in [0.25, 0.3) is 0 Å². The summed E-state index contributed by atoms with van der Waals surface area (Å²) < 4.78 is 1.95. The lowest BCUT2D eigenvalue weighted by molar-refractivity contribution is 0.960. The maximum absolute atomic E-state index is 4.27. The summed E-state index contributed by atoms with van der Waals surface area (Å²) in [5.74, 6) is 1.60. The van der Waals surface area contributed by atoms with Gasteiger partial charge in [-0.25, -0.2) is 9.97 Å². The first-order valence-electron chi connectivity index (χ1n) is 6.44. The Morgan fingerprint density at radius 2 is 1.75 bits per heavy atom. The van der Waals surface area contributed by atoms with Gasteiger partial charge in [0, 0.05) is 17.6 Å². The highest BCUT2D eigenvalue weighted by Gasteiger charge is 2.08. The number of nitrogens with zero attached hydrogens (tertiary/aromatic N) is 2. The van der Waals surface area contributed by atoms with Crippen molar-refractivity contribution in [3.8, 4) is 0 Å². The van der Waals surface area contributed by atoms with Gasteiger partial charge in [-0.2, -0.15) is 0 Å². The lowest BCUT2D eigenvalue weighted by atomic mass is 10.2. The normalized spacial score (nSPS) is 10.3. The molecule has 2 N–H and O–H groups in total. The van der Waals surface area contributed by atoms with Gasteiger partial charge >= 0.3 is 0 Å². The molecule has 1 aromatic heterocycles. The van der Waals surface area contributed by atoms with Crippen molar-refractivity contribution in [1.29, 1.82) is 0 Å². The van der Waals surface area contributed by atoms with Gasteiger partial charge in [0.2, 0.25) is 0 Å². The predicted molar refractivity (Wildman–Crippen MR) is 90.0 cm³/mol. The molecule has 0 atom stereocenters. The number of benzene rings is 1. The van der Waals surface area contributed by atoms with Gasteiger partial charge in [-0.05, 0) is 34.0 Å². The molecule has 1 aromatic carbocycles. The molecule has 0 aliphatic carbocycles. The van der Waals surface area contributed by atoms with Crippen molar-refractivity contribution in [1.82, 2.24) is 9.97 Å². The average Bonchev–Trinajstić information content (AvgIpc) is 2.46. The first kappa shape index (κ1) is 15.3. The average molecular weight is 400 g/mol. The number of aromatic nitrogens is 2. The molecule has 0 saturated heterocycles. The zero-order valence-electron chi connectivity index (χ0n) is 11.2. The number of hydrogen-bond acceptors (Lipinski definition) is 4. The van der Waals surface area contributed by atoms with Crippen molar-refractivity contribution in [3.63, 3.8) is 0 Å². The molecule has 0 amide bonds. The minimum atomic E-state index is 0.699. The standard InChI is InChI=1S/C14H16Br2N4/c1-2-7-17-13-12(16)14(20-9-19-13)18-8-10-5-3-4-6-11(10)15/h3-6,9H,2,7-8H2,1H3,(H2,17,18,19,20). The van der Waals surface area contributed by atoms with E-state index in [0.717, 1.165) is 33.5 Å². The molecule has 6 heteroatoms. The molecule has 0 spiro atoms. The molecule has 1 heterocycles. The molecule has 0 aliphatic heterocycles. The Hall–Kier alpha value is -1.14. The van der Waals surface area contributed by atoms with Crippen LogP contribution in [0.3, 0.4) is 0 Å². The van der Waals surface area contributed by atoms with Gasteiger partial charge in [-0.15, -0.1) is 0 Å². The summed E-state index contributed by atoms with van der Waals surface area (Å²) in [4.78, 5) is 8.50. The molecule has 0 radical (unpaired) electrons. The monoisotopic (exact) mass is 398 g/mol. The second-order valence-corrected chi connectivity index (χ2v) is 5.90. The number of rotatable bonds is 6. The van der Waals surface area contributed by atoms with E-state index in [1.165, 1.54) is 5.56 Å². The van der Waals surface area contributed by atoms with Crippen LogP contribution in [0, 0.1) is 0 Å². The maximum Gasteiger partial charge on any atom is 0.146 e. The Kier molecular flexibility index (Phi) is 5.79. The Balaban J connectivity index is 2.08. The van der Waals surface area contributed by atoms with Crippen LogP contribution < -0.4 is 10.6 Å². The van der Waals surface area contributed by atoms with Crippen molar-refractivity contribution >= 4 is 43.5 Å². The van der Waals surface area contributed by atoms with Crippen molar-refractivity contribution < 1.29 is 0 Å². The lowest BCUT2D eigenvalue weighted by Crippen LogP contribution is -2.07. The van der Waals surface area contributed by atoms with E-state index in [4.69, 9.17) is 0 Å². The lowest BCUT2D eigenvalue weighted by Gasteiger charge is -2.12. The summed E-state index contributed by atoms with van der Waals surface area (Å²) in [6, 6.07) is 8.12. The number of hydrogen-bond donors (Lipinski definition) is 2. The first-order valence-corrected chi connectivity index (χ1v) is 8.02. The fraction of sp³-hybridized carbons (Fsp3) is 0.286. The fourth-order valence-corrected chi connectivity index (χ4v) is 2.59. The van der Waals surface area contributed by atoms with E-state index >= 15 is 0 Å². The molecule has 2 rings (SSSR count). The minimum Gasteiger partial charge on any atom is -0.369 e. The van der Waals surface area contributed by atoms with Crippen molar-refractivity contribution in [2.75, 3.05) is 17.2 Å². The zero-order valence-corrected chi connectivity index (χ0v) is 14.3. The second kappa shape index (κ2) is 7.59. The molecular weight excluding hydrogens is 384 g/mol. The molecule has 0 saturated carbocycles. The van der Waals surface area contributed by atoms with Crippen LogP contribution in [-0.2, 0) is 6.54 Å². The van der Waals surface area contributed by atoms with E-state index in [2.05, 4.69) is 65.5 Å². The zero-order chi connectivity index (χ0) is 14.4. The summed E-state index contributed by atoms with van der Waals surface area (Å²) in [6.07, 6.45) is 2.61. The van der Waals surface area contributed by atoms with Crippen LogP contribution in [-0.4, -0.2) is 16.5 Å². The van der Waals surface area contributed by atoms with Crippen LogP contribution in [0.1, 0.15) is 18.9 Å². The Morgan fingerprint density at radius 3 is 2.45 bits per heavy atom. The van der Waals surface area contributed by atoms with Crippen molar-refractivity contribution in [2.45, 2.75) is 19.9 Å². The topological polar surface area (TPSA) is 49.8 Å². The van der Waals surface area contributed by atoms with E-state index in [-0.39, 0.29) is 0 Å². The molecular formula is C14H16Br2N4. The van der Waals surface area contributed by atoms with Crippen LogP contribution in [0.4, 0.5) is 11.6 Å². The number of anilines is 2. The maximum atomic E-state index is 4.27. The van der Waals surface area contributed by atoms with Crippen LogP contribution >= 0.6 is 31.9 Å².